The lowest BCUT2D eigenvalue weighted by Crippen LogP contribution is -2.26. The minimum atomic E-state index is -4.54. The van der Waals surface area contributed by atoms with Crippen LogP contribution in [0.25, 0.3) is 0 Å². The largest absolute Gasteiger partial charge is 0.462 e. The highest BCUT2D eigenvalue weighted by Crippen LogP contribution is 2.39. The number of alkyl halides is 3. The number of aromatic nitrogens is 2. The standard InChI is InChI=1S/C21H26F3N3O3S/c1-4-9-30-20(29)17-14-7-5-6-8-15(14)31-19(17)25-18(28)12(2)11-27-13(3)10-16(26-27)21(22,23)24/h10,12H,4-9,11H2,1-3H3,(H,25,28). The number of carbonyl (C=O) groups excluding carboxylic acids is 2. The van der Waals surface area contributed by atoms with Crippen LogP contribution in [0.5, 0.6) is 0 Å². The molecule has 1 N–H and O–H groups in total. The fraction of sp³-hybridized carbons (Fsp3) is 0.571. The number of hydrogen-bond donors (Lipinski definition) is 1. The number of amides is 1. The van der Waals surface area contributed by atoms with Crippen molar-refractivity contribution in [1.29, 1.82) is 0 Å². The van der Waals surface area contributed by atoms with Gasteiger partial charge in [-0.25, -0.2) is 4.79 Å². The van der Waals surface area contributed by atoms with Gasteiger partial charge >= 0.3 is 12.1 Å². The van der Waals surface area contributed by atoms with E-state index in [9.17, 15) is 22.8 Å². The summed E-state index contributed by atoms with van der Waals surface area (Å²) in [5.74, 6) is -1.48. The van der Waals surface area contributed by atoms with Gasteiger partial charge in [-0.05, 0) is 50.7 Å². The molecule has 0 aromatic carbocycles. The smallest absolute Gasteiger partial charge is 0.435 e. The second kappa shape index (κ2) is 9.42. The maximum atomic E-state index is 12.9. The molecule has 1 aliphatic rings. The van der Waals surface area contributed by atoms with Crippen LogP contribution >= 0.6 is 11.3 Å². The van der Waals surface area contributed by atoms with Gasteiger partial charge in [-0.15, -0.1) is 11.3 Å². The van der Waals surface area contributed by atoms with Crippen molar-refractivity contribution in [1.82, 2.24) is 9.78 Å². The summed E-state index contributed by atoms with van der Waals surface area (Å²) in [6, 6.07) is 0.958. The fourth-order valence-corrected chi connectivity index (χ4v) is 4.83. The molecule has 0 spiro atoms. The monoisotopic (exact) mass is 457 g/mol. The predicted octanol–water partition coefficient (Wildman–Crippen LogP) is 4.99. The van der Waals surface area contributed by atoms with E-state index < -0.39 is 23.8 Å². The fourth-order valence-electron chi connectivity index (χ4n) is 3.55. The van der Waals surface area contributed by atoms with E-state index in [1.165, 1.54) is 22.9 Å². The molecule has 6 nitrogen and oxygen atoms in total. The molecule has 1 unspecified atom stereocenters. The zero-order valence-electron chi connectivity index (χ0n) is 17.8. The van der Waals surface area contributed by atoms with Crippen molar-refractivity contribution in [3.8, 4) is 0 Å². The Hall–Kier alpha value is -2.36. The predicted molar refractivity (Wildman–Crippen MR) is 111 cm³/mol. The van der Waals surface area contributed by atoms with Crippen LogP contribution in [0, 0.1) is 12.8 Å². The molecule has 10 heteroatoms. The van der Waals surface area contributed by atoms with Crippen molar-refractivity contribution in [2.24, 2.45) is 5.92 Å². The van der Waals surface area contributed by atoms with Gasteiger partial charge in [0.05, 0.1) is 24.6 Å². The third-order valence-electron chi connectivity index (χ3n) is 5.22. The Kier molecular flexibility index (Phi) is 7.08. The molecule has 2 heterocycles. The number of hydrogen-bond acceptors (Lipinski definition) is 5. The molecule has 0 saturated heterocycles. The highest BCUT2D eigenvalue weighted by Gasteiger charge is 2.35. The molecule has 2 aromatic rings. The molecule has 0 aliphatic heterocycles. The molecular formula is C21H26F3N3O3S. The number of anilines is 1. The second-order valence-electron chi connectivity index (χ2n) is 7.79. The van der Waals surface area contributed by atoms with Gasteiger partial charge in [-0.2, -0.15) is 18.3 Å². The average molecular weight is 458 g/mol. The third kappa shape index (κ3) is 5.28. The normalized spacial score (nSPS) is 14.8. The van der Waals surface area contributed by atoms with Gasteiger partial charge in [0.15, 0.2) is 5.69 Å². The van der Waals surface area contributed by atoms with Crippen LogP contribution in [0.2, 0.25) is 0 Å². The first-order valence-electron chi connectivity index (χ1n) is 10.4. The molecule has 0 fully saturated rings. The molecule has 0 saturated carbocycles. The highest BCUT2D eigenvalue weighted by molar-refractivity contribution is 7.17. The maximum absolute atomic E-state index is 12.9. The molecule has 170 valence electrons. The average Bonchev–Trinajstić information content (AvgIpc) is 3.26. The van der Waals surface area contributed by atoms with Crippen molar-refractivity contribution >= 4 is 28.2 Å². The number of aryl methyl sites for hydroxylation is 2. The Balaban J connectivity index is 1.77. The first-order chi connectivity index (χ1) is 14.6. The summed E-state index contributed by atoms with van der Waals surface area (Å²) >= 11 is 1.38. The lowest BCUT2D eigenvalue weighted by Gasteiger charge is -2.14. The van der Waals surface area contributed by atoms with Crippen molar-refractivity contribution in [2.45, 2.75) is 65.6 Å². The van der Waals surface area contributed by atoms with E-state index >= 15 is 0 Å². The summed E-state index contributed by atoms with van der Waals surface area (Å²) in [6.45, 7) is 5.33. The number of halogens is 3. The van der Waals surface area contributed by atoms with Crippen molar-refractivity contribution in [3.63, 3.8) is 0 Å². The number of nitrogens with one attached hydrogen (secondary N) is 1. The van der Waals surface area contributed by atoms with Crippen molar-refractivity contribution in [2.75, 3.05) is 11.9 Å². The molecule has 1 atom stereocenters. The topological polar surface area (TPSA) is 73.2 Å². The first-order valence-corrected chi connectivity index (χ1v) is 11.2. The number of thiophene rings is 1. The minimum Gasteiger partial charge on any atom is -0.462 e. The second-order valence-corrected chi connectivity index (χ2v) is 8.90. The highest BCUT2D eigenvalue weighted by atomic mass is 32.1. The quantitative estimate of drug-likeness (QED) is 0.595. The summed E-state index contributed by atoms with van der Waals surface area (Å²) in [4.78, 5) is 26.5. The van der Waals surface area contributed by atoms with Crippen LogP contribution in [0.1, 0.15) is 65.3 Å². The maximum Gasteiger partial charge on any atom is 0.435 e. The number of carbonyl (C=O) groups is 2. The molecule has 1 aliphatic carbocycles. The lowest BCUT2D eigenvalue weighted by atomic mass is 9.95. The Labute approximate surface area is 182 Å². The zero-order chi connectivity index (χ0) is 22.8. The van der Waals surface area contributed by atoms with Crippen molar-refractivity contribution < 1.29 is 27.5 Å². The number of nitrogens with zero attached hydrogens (tertiary/aromatic N) is 2. The first kappa shape index (κ1) is 23.3. The van der Waals surface area contributed by atoms with E-state index in [0.717, 1.165) is 42.2 Å². The Bertz CT molecular complexity index is 965. The van der Waals surface area contributed by atoms with Gasteiger partial charge in [0.1, 0.15) is 5.00 Å². The molecule has 3 rings (SSSR count). The van der Waals surface area contributed by atoms with Gasteiger partial charge in [0.25, 0.3) is 0 Å². The summed E-state index contributed by atoms with van der Waals surface area (Å²) in [5, 5.41) is 6.86. The Morgan fingerprint density at radius 3 is 2.68 bits per heavy atom. The van der Waals surface area contributed by atoms with Gasteiger partial charge in [0.2, 0.25) is 5.91 Å². The number of ether oxygens (including phenoxy) is 1. The third-order valence-corrected chi connectivity index (χ3v) is 6.42. The molecule has 31 heavy (non-hydrogen) atoms. The van der Waals surface area contributed by atoms with Crippen LogP contribution in [0.4, 0.5) is 18.2 Å². The van der Waals surface area contributed by atoms with E-state index in [1.54, 1.807) is 6.92 Å². The van der Waals surface area contributed by atoms with E-state index in [4.69, 9.17) is 4.74 Å². The van der Waals surface area contributed by atoms with Gasteiger partial charge in [-0.3, -0.25) is 9.48 Å². The molecule has 0 radical (unpaired) electrons. The van der Waals surface area contributed by atoms with E-state index in [-0.39, 0.29) is 12.5 Å². The Morgan fingerprint density at radius 2 is 2.03 bits per heavy atom. The molecule has 2 aromatic heterocycles. The van der Waals surface area contributed by atoms with E-state index in [0.29, 0.717) is 29.3 Å². The van der Waals surface area contributed by atoms with E-state index in [1.807, 2.05) is 6.92 Å². The van der Waals surface area contributed by atoms with Crippen molar-refractivity contribution in [3.05, 3.63) is 33.5 Å². The summed E-state index contributed by atoms with van der Waals surface area (Å²) in [5.41, 5.74) is 0.702. The summed E-state index contributed by atoms with van der Waals surface area (Å²) in [6.07, 6.45) is -0.222. The zero-order valence-corrected chi connectivity index (χ0v) is 18.6. The number of rotatable bonds is 7. The molecule has 1 amide bonds. The SMILES string of the molecule is CCCOC(=O)c1c(NC(=O)C(C)Cn2nc(C(F)(F)F)cc2C)sc2c1CCCC2. The lowest BCUT2D eigenvalue weighted by molar-refractivity contribution is -0.141. The number of fused-ring (bicyclic) bond motifs is 1. The van der Waals surface area contributed by atoms with E-state index in [2.05, 4.69) is 10.4 Å². The van der Waals surface area contributed by atoms with Crippen LogP contribution in [-0.2, 0) is 35.1 Å². The van der Waals surface area contributed by atoms with Gasteiger partial charge in [-0.1, -0.05) is 13.8 Å². The van der Waals surface area contributed by atoms with Gasteiger partial charge in [0, 0.05) is 10.6 Å². The molecular weight excluding hydrogens is 431 g/mol. The summed E-state index contributed by atoms with van der Waals surface area (Å²) < 4.78 is 45.2. The van der Waals surface area contributed by atoms with Gasteiger partial charge < -0.3 is 10.1 Å². The van der Waals surface area contributed by atoms with Crippen LogP contribution < -0.4 is 5.32 Å². The summed E-state index contributed by atoms with van der Waals surface area (Å²) in [7, 11) is 0. The minimum absolute atomic E-state index is 0.00551. The molecule has 0 bridgehead atoms. The number of esters is 1. The van der Waals surface area contributed by atoms with Crippen LogP contribution in [0.3, 0.4) is 0 Å². The van der Waals surface area contributed by atoms with Crippen LogP contribution in [-0.4, -0.2) is 28.3 Å². The Morgan fingerprint density at radius 1 is 1.32 bits per heavy atom. The van der Waals surface area contributed by atoms with Crippen LogP contribution in [0.15, 0.2) is 6.07 Å².